The molecule has 0 unspecified atom stereocenters. The van der Waals surface area contributed by atoms with Gasteiger partial charge in [0, 0.05) is 18.0 Å². The highest BCUT2D eigenvalue weighted by Crippen LogP contribution is 2.27. The molecular formula is C18H13Cl2FN4O2. The van der Waals surface area contributed by atoms with Crippen LogP contribution in [0.4, 0.5) is 4.39 Å². The van der Waals surface area contributed by atoms with Crippen molar-refractivity contribution in [2.24, 2.45) is 12.1 Å². The molecule has 138 valence electrons. The Kier molecular flexibility index (Phi) is 5.25. The summed E-state index contributed by atoms with van der Waals surface area (Å²) >= 11 is 12.0. The molecule has 3 aromatic rings. The van der Waals surface area contributed by atoms with E-state index in [0.717, 1.165) is 10.7 Å². The second-order valence-electron chi connectivity index (χ2n) is 5.68. The molecule has 1 heterocycles. The van der Waals surface area contributed by atoms with Gasteiger partial charge in [-0.3, -0.25) is 9.59 Å². The van der Waals surface area contributed by atoms with Crippen LogP contribution >= 0.6 is 23.2 Å². The molecule has 9 heteroatoms. The number of carbonyl (C=O) groups is 1. The predicted octanol–water partition coefficient (Wildman–Crippen LogP) is 3.53. The first-order valence-corrected chi connectivity index (χ1v) is 8.51. The van der Waals surface area contributed by atoms with E-state index in [1.54, 1.807) is 24.3 Å². The quantitative estimate of drug-likeness (QED) is 0.410. The van der Waals surface area contributed by atoms with Gasteiger partial charge in [-0.2, -0.15) is 10.2 Å². The summed E-state index contributed by atoms with van der Waals surface area (Å²) in [4.78, 5) is 24.7. The zero-order valence-corrected chi connectivity index (χ0v) is 15.8. The van der Waals surface area contributed by atoms with Crippen molar-refractivity contribution in [1.29, 1.82) is 0 Å². The molecule has 0 spiro atoms. The largest absolute Gasteiger partial charge is 0.292 e. The molecule has 0 saturated heterocycles. The lowest BCUT2D eigenvalue weighted by molar-refractivity contribution is 0.0949. The van der Waals surface area contributed by atoms with E-state index in [9.17, 15) is 14.0 Å². The zero-order valence-electron chi connectivity index (χ0n) is 14.3. The molecule has 1 N–H and O–H groups in total. The maximum absolute atomic E-state index is 13.7. The highest BCUT2D eigenvalue weighted by atomic mass is 35.5. The highest BCUT2D eigenvalue weighted by molar-refractivity contribution is 6.40. The van der Waals surface area contributed by atoms with Gasteiger partial charge in [0.2, 0.25) is 0 Å². The number of hydrazone groups is 1. The van der Waals surface area contributed by atoms with Gasteiger partial charge in [-0.05, 0) is 25.1 Å². The third kappa shape index (κ3) is 3.56. The molecule has 0 atom stereocenters. The highest BCUT2D eigenvalue weighted by Gasteiger charge is 2.17. The van der Waals surface area contributed by atoms with Crippen LogP contribution in [0.2, 0.25) is 10.0 Å². The number of rotatable bonds is 3. The van der Waals surface area contributed by atoms with Crippen LogP contribution in [-0.4, -0.2) is 21.4 Å². The number of benzene rings is 2. The topological polar surface area (TPSA) is 76.3 Å². The first kappa shape index (κ1) is 19.0. The van der Waals surface area contributed by atoms with Gasteiger partial charge >= 0.3 is 0 Å². The van der Waals surface area contributed by atoms with E-state index in [-0.39, 0.29) is 32.6 Å². The molecule has 0 aliphatic carbocycles. The molecule has 0 radical (unpaired) electrons. The smallest absolute Gasteiger partial charge is 0.267 e. The summed E-state index contributed by atoms with van der Waals surface area (Å²) < 4.78 is 14.7. The van der Waals surface area contributed by atoms with Crippen molar-refractivity contribution >= 4 is 45.6 Å². The fraction of sp³-hybridized carbons (Fsp3) is 0.111. The van der Waals surface area contributed by atoms with Crippen LogP contribution in [-0.2, 0) is 7.05 Å². The van der Waals surface area contributed by atoms with Crippen LogP contribution in [0.5, 0.6) is 0 Å². The molecule has 27 heavy (non-hydrogen) atoms. The maximum Gasteiger partial charge on any atom is 0.292 e. The summed E-state index contributed by atoms with van der Waals surface area (Å²) in [5, 5.41) is 8.72. The molecule has 3 rings (SSSR count). The minimum Gasteiger partial charge on any atom is -0.267 e. The van der Waals surface area contributed by atoms with Crippen molar-refractivity contribution < 1.29 is 9.18 Å². The van der Waals surface area contributed by atoms with Gasteiger partial charge in [0.1, 0.15) is 5.82 Å². The van der Waals surface area contributed by atoms with Crippen LogP contribution < -0.4 is 11.0 Å². The molecule has 2 aromatic carbocycles. The van der Waals surface area contributed by atoms with E-state index in [4.69, 9.17) is 23.2 Å². The minimum absolute atomic E-state index is 0.0284. The van der Waals surface area contributed by atoms with Crippen LogP contribution in [0.25, 0.3) is 10.8 Å². The average molecular weight is 407 g/mol. The van der Waals surface area contributed by atoms with E-state index in [2.05, 4.69) is 15.6 Å². The monoisotopic (exact) mass is 406 g/mol. The minimum atomic E-state index is -0.650. The second-order valence-corrected chi connectivity index (χ2v) is 6.46. The SMILES string of the molecule is C/C(=N/NC(=O)c1nn(C)c(=O)c2ccccc12)c1c(Cl)ccc(F)c1Cl. The number of fused-ring (bicyclic) bond motifs is 1. The number of aromatic nitrogens is 2. The zero-order chi connectivity index (χ0) is 19.7. The number of amides is 1. The van der Waals surface area contributed by atoms with Crippen LogP contribution in [0.1, 0.15) is 23.0 Å². The first-order valence-electron chi connectivity index (χ1n) is 7.75. The molecule has 0 bridgehead atoms. The van der Waals surface area contributed by atoms with E-state index < -0.39 is 11.7 Å². The van der Waals surface area contributed by atoms with Gasteiger partial charge in [0.05, 0.1) is 21.1 Å². The average Bonchev–Trinajstić information content (AvgIpc) is 2.66. The van der Waals surface area contributed by atoms with Crippen molar-refractivity contribution in [3.63, 3.8) is 0 Å². The van der Waals surface area contributed by atoms with Gasteiger partial charge in [-0.15, -0.1) is 0 Å². The number of aryl methyl sites for hydroxylation is 1. The Morgan fingerprint density at radius 2 is 1.85 bits per heavy atom. The summed E-state index contributed by atoms with van der Waals surface area (Å²) in [6, 6.07) is 9.11. The van der Waals surface area contributed by atoms with Crippen molar-refractivity contribution in [2.75, 3.05) is 0 Å². The normalized spacial score (nSPS) is 11.7. The Hall–Kier alpha value is -2.77. The lowest BCUT2D eigenvalue weighted by Crippen LogP contribution is -2.27. The van der Waals surface area contributed by atoms with E-state index in [0.29, 0.717) is 10.8 Å². The standard InChI is InChI=1S/C18H13Cl2FN4O2/c1-9(14-12(19)7-8-13(21)15(14)20)22-23-17(26)16-10-5-3-4-6-11(10)18(27)25(2)24-16/h3-8H,1-2H3,(H,23,26)/b22-9-. The summed E-state index contributed by atoms with van der Waals surface area (Å²) in [5.74, 6) is -1.28. The van der Waals surface area contributed by atoms with E-state index in [1.165, 1.54) is 20.0 Å². The second kappa shape index (κ2) is 7.46. The van der Waals surface area contributed by atoms with E-state index in [1.807, 2.05) is 0 Å². The van der Waals surface area contributed by atoms with Gasteiger partial charge in [-0.1, -0.05) is 41.4 Å². The van der Waals surface area contributed by atoms with Crippen molar-refractivity contribution in [2.45, 2.75) is 6.92 Å². The van der Waals surface area contributed by atoms with Gasteiger partial charge in [-0.25, -0.2) is 14.5 Å². The number of hydrogen-bond acceptors (Lipinski definition) is 4. The van der Waals surface area contributed by atoms with Crippen molar-refractivity contribution in [3.05, 3.63) is 73.9 Å². The lowest BCUT2D eigenvalue weighted by Gasteiger charge is -2.09. The molecule has 1 amide bonds. The van der Waals surface area contributed by atoms with Gasteiger partial charge in [0.25, 0.3) is 11.5 Å². The lowest BCUT2D eigenvalue weighted by atomic mass is 10.1. The molecule has 0 saturated carbocycles. The first-order chi connectivity index (χ1) is 12.8. The van der Waals surface area contributed by atoms with Crippen LogP contribution in [0.15, 0.2) is 46.3 Å². The molecule has 0 aliphatic heterocycles. The number of hydrogen-bond donors (Lipinski definition) is 1. The molecule has 0 fully saturated rings. The van der Waals surface area contributed by atoms with Crippen LogP contribution in [0.3, 0.4) is 0 Å². The summed E-state index contributed by atoms with van der Waals surface area (Å²) in [5.41, 5.74) is 2.44. The summed E-state index contributed by atoms with van der Waals surface area (Å²) in [7, 11) is 1.45. The van der Waals surface area contributed by atoms with Crippen molar-refractivity contribution in [1.82, 2.24) is 15.2 Å². The predicted molar refractivity (Wildman–Crippen MR) is 103 cm³/mol. The number of carbonyl (C=O) groups excluding carboxylic acids is 1. The molecule has 0 aliphatic rings. The fourth-order valence-electron chi connectivity index (χ4n) is 2.57. The Labute approximate surface area is 163 Å². The van der Waals surface area contributed by atoms with Crippen LogP contribution in [0, 0.1) is 5.82 Å². The van der Waals surface area contributed by atoms with Crippen molar-refractivity contribution in [3.8, 4) is 0 Å². The number of nitrogens with one attached hydrogen (secondary N) is 1. The Morgan fingerprint density at radius 1 is 1.19 bits per heavy atom. The van der Waals surface area contributed by atoms with Gasteiger partial charge < -0.3 is 0 Å². The third-order valence-corrected chi connectivity index (χ3v) is 4.59. The Morgan fingerprint density at radius 3 is 2.56 bits per heavy atom. The fourth-order valence-corrected chi connectivity index (χ4v) is 3.21. The molecule has 1 aromatic heterocycles. The molecular weight excluding hydrogens is 394 g/mol. The Balaban J connectivity index is 1.99. The third-order valence-electron chi connectivity index (χ3n) is 3.90. The van der Waals surface area contributed by atoms with Gasteiger partial charge in [0.15, 0.2) is 5.69 Å². The van der Waals surface area contributed by atoms with E-state index >= 15 is 0 Å². The number of halogens is 3. The maximum atomic E-state index is 13.7. The Bertz CT molecular complexity index is 1160. The number of nitrogens with zero attached hydrogens (tertiary/aromatic N) is 3. The summed E-state index contributed by atoms with van der Waals surface area (Å²) in [6.45, 7) is 1.53. The summed E-state index contributed by atoms with van der Waals surface area (Å²) in [6.07, 6.45) is 0. The molecule has 6 nitrogen and oxygen atoms in total.